The van der Waals surface area contributed by atoms with Crippen molar-refractivity contribution >= 4 is 25.4 Å². The molecular weight excluding hydrogens is 372 g/mol. The van der Waals surface area contributed by atoms with E-state index in [2.05, 4.69) is 14.8 Å². The maximum absolute atomic E-state index is 12.9. The summed E-state index contributed by atoms with van der Waals surface area (Å²) in [6, 6.07) is 10.1. The Morgan fingerprint density at radius 1 is 1.19 bits per heavy atom. The van der Waals surface area contributed by atoms with Crippen LogP contribution in [-0.4, -0.2) is 42.2 Å². The summed E-state index contributed by atoms with van der Waals surface area (Å²) in [6.07, 6.45) is 3.07. The molecule has 0 amide bonds. The van der Waals surface area contributed by atoms with Crippen molar-refractivity contribution in [2.24, 2.45) is 3.77 Å². The Kier molecular flexibility index (Phi) is 4.98. The van der Waals surface area contributed by atoms with Crippen LogP contribution >= 0.6 is 0 Å². The van der Waals surface area contributed by atoms with Crippen LogP contribution in [0, 0.1) is 18.3 Å². The summed E-state index contributed by atoms with van der Waals surface area (Å²) in [7, 11) is -6.83. The molecule has 0 saturated carbocycles. The van der Waals surface area contributed by atoms with Crippen LogP contribution in [0.5, 0.6) is 0 Å². The smallest absolute Gasteiger partial charge is 0.290 e. The monoisotopic (exact) mass is 390 g/mol. The molecule has 0 unspecified atom stereocenters. The van der Waals surface area contributed by atoms with E-state index in [1.165, 1.54) is 18.3 Å². The highest BCUT2D eigenvalue weighted by molar-refractivity contribution is 8.03. The summed E-state index contributed by atoms with van der Waals surface area (Å²) >= 11 is 0. The van der Waals surface area contributed by atoms with Crippen molar-refractivity contribution < 1.29 is 12.6 Å². The summed E-state index contributed by atoms with van der Waals surface area (Å²) in [5, 5.41) is 9.18. The van der Waals surface area contributed by atoms with Gasteiger partial charge < -0.3 is 4.90 Å². The lowest BCUT2D eigenvalue weighted by Crippen LogP contribution is -2.40. The van der Waals surface area contributed by atoms with Crippen molar-refractivity contribution in [2.45, 2.75) is 11.8 Å². The number of nitriles is 1. The number of nitrogens with zero attached hydrogens (tertiary/aromatic N) is 4. The fourth-order valence-corrected chi connectivity index (χ4v) is 6.78. The van der Waals surface area contributed by atoms with Crippen molar-refractivity contribution in [3.05, 3.63) is 53.9 Å². The van der Waals surface area contributed by atoms with Gasteiger partial charge in [0, 0.05) is 25.5 Å². The third kappa shape index (κ3) is 3.86. The largest absolute Gasteiger partial charge is 0.368 e. The molecule has 7 nitrogen and oxygen atoms in total. The molecule has 0 radical (unpaired) electrons. The molecule has 0 N–H and O–H groups in total. The second-order valence-corrected chi connectivity index (χ2v) is 10.4. The van der Waals surface area contributed by atoms with E-state index < -0.39 is 19.8 Å². The molecule has 26 heavy (non-hydrogen) atoms. The summed E-state index contributed by atoms with van der Waals surface area (Å²) in [5.74, 6) is 0.260. The van der Waals surface area contributed by atoms with Crippen molar-refractivity contribution in [3.63, 3.8) is 0 Å². The van der Waals surface area contributed by atoms with E-state index >= 15 is 0 Å². The van der Waals surface area contributed by atoms with Gasteiger partial charge in [-0.05, 0) is 25.1 Å². The Hall–Kier alpha value is -2.44. The molecule has 136 valence electrons. The molecule has 0 atom stereocenters. The first kappa shape index (κ1) is 18.4. The molecule has 2 heterocycles. The molecule has 2 aromatic rings. The topological polar surface area (TPSA) is 103 Å². The highest BCUT2D eigenvalue weighted by Crippen LogP contribution is 2.23. The molecule has 1 fully saturated rings. The van der Waals surface area contributed by atoms with E-state index in [1.54, 1.807) is 24.4 Å². The van der Waals surface area contributed by atoms with Gasteiger partial charge in [-0.15, -0.1) is 3.77 Å². The van der Waals surface area contributed by atoms with E-state index in [1.807, 2.05) is 11.8 Å². The minimum absolute atomic E-state index is 0.0501. The van der Waals surface area contributed by atoms with Gasteiger partial charge in [0.1, 0.15) is 6.07 Å². The highest BCUT2D eigenvalue weighted by atomic mass is 32.3. The van der Waals surface area contributed by atoms with Gasteiger partial charge in [-0.2, -0.15) is 13.7 Å². The van der Waals surface area contributed by atoms with Crippen molar-refractivity contribution in [1.82, 2.24) is 4.98 Å². The second-order valence-electron chi connectivity index (χ2n) is 6.04. The van der Waals surface area contributed by atoms with Crippen LogP contribution < -0.4 is 4.90 Å². The SMILES string of the molecule is Cc1ccc(S(=O)(=O)N=S2(=O)CCN(c3ccncc3C#N)CC2)cc1. The molecule has 0 bridgehead atoms. The van der Waals surface area contributed by atoms with Crippen LogP contribution in [0.15, 0.2) is 51.4 Å². The van der Waals surface area contributed by atoms with Gasteiger partial charge in [0.25, 0.3) is 10.0 Å². The lowest BCUT2D eigenvalue weighted by Gasteiger charge is -2.30. The van der Waals surface area contributed by atoms with Gasteiger partial charge in [0.2, 0.25) is 0 Å². The number of hydrogen-bond donors (Lipinski definition) is 0. The van der Waals surface area contributed by atoms with Crippen LogP contribution in [-0.2, 0) is 19.8 Å². The van der Waals surface area contributed by atoms with E-state index in [9.17, 15) is 17.9 Å². The highest BCUT2D eigenvalue weighted by Gasteiger charge is 2.25. The van der Waals surface area contributed by atoms with Crippen LogP contribution in [0.25, 0.3) is 0 Å². The molecule has 1 aliphatic heterocycles. The zero-order chi connectivity index (χ0) is 18.8. The van der Waals surface area contributed by atoms with E-state index in [4.69, 9.17) is 0 Å². The lowest BCUT2D eigenvalue weighted by molar-refractivity contribution is 0.597. The number of sulfonamides is 1. The van der Waals surface area contributed by atoms with Crippen LogP contribution in [0.4, 0.5) is 5.69 Å². The van der Waals surface area contributed by atoms with Crippen LogP contribution in [0.2, 0.25) is 0 Å². The van der Waals surface area contributed by atoms with Crippen molar-refractivity contribution in [2.75, 3.05) is 29.5 Å². The standard InChI is InChI=1S/C17H18N4O3S2/c1-14-2-4-16(5-3-14)26(23,24)20-25(22)10-8-21(9-11-25)17-6-7-19-13-15(17)12-18/h2-7,13H,8-11H2,1H3. The van der Waals surface area contributed by atoms with E-state index in [0.717, 1.165) is 5.56 Å². The Morgan fingerprint density at radius 2 is 1.85 bits per heavy atom. The normalized spacial score (nSPS) is 16.7. The number of benzene rings is 1. The molecule has 1 aromatic carbocycles. The number of hydrogen-bond acceptors (Lipinski definition) is 6. The Morgan fingerprint density at radius 3 is 2.46 bits per heavy atom. The predicted molar refractivity (Wildman–Crippen MR) is 99.8 cm³/mol. The summed E-state index contributed by atoms with van der Waals surface area (Å²) < 4.78 is 41.6. The second kappa shape index (κ2) is 7.05. The third-order valence-electron chi connectivity index (χ3n) is 4.17. The fourth-order valence-electron chi connectivity index (χ4n) is 2.72. The summed E-state index contributed by atoms with van der Waals surface area (Å²) in [6.45, 7) is 2.59. The first-order valence-corrected chi connectivity index (χ1v) is 11.3. The molecular formula is C17H18N4O3S2. The van der Waals surface area contributed by atoms with Crippen molar-refractivity contribution in [1.29, 1.82) is 5.26 Å². The molecule has 0 aliphatic carbocycles. The first-order chi connectivity index (χ1) is 12.3. The summed E-state index contributed by atoms with van der Waals surface area (Å²) in [5.41, 5.74) is 2.09. The van der Waals surface area contributed by atoms with Gasteiger partial charge in [-0.25, -0.2) is 4.21 Å². The number of pyridine rings is 1. The van der Waals surface area contributed by atoms with Gasteiger partial charge in [-0.3, -0.25) is 4.98 Å². The molecule has 9 heteroatoms. The van der Waals surface area contributed by atoms with E-state index in [-0.39, 0.29) is 16.4 Å². The maximum atomic E-state index is 12.9. The third-order valence-corrected chi connectivity index (χ3v) is 8.55. The molecule has 1 aromatic heterocycles. The first-order valence-electron chi connectivity index (χ1n) is 7.97. The Bertz CT molecular complexity index is 1070. The Labute approximate surface area is 153 Å². The van der Waals surface area contributed by atoms with Gasteiger partial charge >= 0.3 is 0 Å². The quantitative estimate of drug-likeness (QED) is 0.793. The van der Waals surface area contributed by atoms with Crippen LogP contribution in [0.1, 0.15) is 11.1 Å². The van der Waals surface area contributed by atoms with Crippen LogP contribution in [0.3, 0.4) is 0 Å². The average molecular weight is 390 g/mol. The molecule has 3 rings (SSSR count). The fraction of sp³-hybridized carbons (Fsp3) is 0.294. The number of anilines is 1. The maximum Gasteiger partial charge on any atom is 0.290 e. The minimum atomic E-state index is -3.96. The van der Waals surface area contributed by atoms with Gasteiger partial charge in [-0.1, -0.05) is 17.7 Å². The average Bonchev–Trinajstić information content (AvgIpc) is 2.62. The summed E-state index contributed by atoms with van der Waals surface area (Å²) in [4.78, 5) is 5.89. The molecule has 0 spiro atoms. The zero-order valence-electron chi connectivity index (χ0n) is 14.2. The molecule has 1 aliphatic rings. The minimum Gasteiger partial charge on any atom is -0.368 e. The van der Waals surface area contributed by atoms with Crippen molar-refractivity contribution in [3.8, 4) is 6.07 Å². The lowest BCUT2D eigenvalue weighted by atomic mass is 10.2. The number of aryl methyl sites for hydroxylation is 1. The van der Waals surface area contributed by atoms with E-state index in [0.29, 0.717) is 24.3 Å². The number of rotatable bonds is 3. The predicted octanol–water partition coefficient (Wildman–Crippen LogP) is 1.94. The molecule has 1 saturated heterocycles. The Balaban J connectivity index is 1.83. The zero-order valence-corrected chi connectivity index (χ0v) is 15.8. The number of aromatic nitrogens is 1. The van der Waals surface area contributed by atoms with Gasteiger partial charge in [0.05, 0.1) is 37.4 Å². The van der Waals surface area contributed by atoms with Gasteiger partial charge in [0.15, 0.2) is 0 Å².